The van der Waals surface area contributed by atoms with Crippen LogP contribution >= 0.6 is 23.2 Å². The molecule has 0 aromatic heterocycles. The lowest BCUT2D eigenvalue weighted by Gasteiger charge is -2.32. The standard InChI is InChI=1S/C15H19Cl2NO/c1-10(2)8-15(7-6-14(19)18-15)9-11-12(16)4-3-5-13(11)17/h3-5,10H,6-9H2,1-2H3,(H,18,19). The molecule has 2 nitrogen and oxygen atoms in total. The van der Waals surface area contributed by atoms with E-state index in [9.17, 15) is 4.79 Å². The molecule has 1 aromatic carbocycles. The number of hydrogen-bond acceptors (Lipinski definition) is 1. The maximum absolute atomic E-state index is 11.6. The highest BCUT2D eigenvalue weighted by Crippen LogP contribution is 2.35. The molecule has 104 valence electrons. The molecule has 1 aliphatic rings. The average molecular weight is 300 g/mol. The molecule has 1 atom stereocenters. The van der Waals surface area contributed by atoms with Crippen molar-refractivity contribution in [3.05, 3.63) is 33.8 Å². The van der Waals surface area contributed by atoms with Gasteiger partial charge in [0.15, 0.2) is 0 Å². The summed E-state index contributed by atoms with van der Waals surface area (Å²) in [7, 11) is 0. The molecule has 2 rings (SSSR count). The number of amides is 1. The molecule has 1 aliphatic heterocycles. The van der Waals surface area contributed by atoms with Crippen molar-refractivity contribution in [2.45, 2.75) is 45.1 Å². The van der Waals surface area contributed by atoms with Crippen LogP contribution in [0, 0.1) is 5.92 Å². The minimum atomic E-state index is -0.195. The lowest BCUT2D eigenvalue weighted by molar-refractivity contribution is -0.119. The lowest BCUT2D eigenvalue weighted by Crippen LogP contribution is -2.44. The minimum absolute atomic E-state index is 0.129. The summed E-state index contributed by atoms with van der Waals surface area (Å²) in [5, 5.41) is 4.50. The fourth-order valence-corrected chi connectivity index (χ4v) is 3.48. The van der Waals surface area contributed by atoms with Crippen LogP contribution in [0.25, 0.3) is 0 Å². The average Bonchev–Trinajstić information content (AvgIpc) is 2.65. The lowest BCUT2D eigenvalue weighted by atomic mass is 9.82. The van der Waals surface area contributed by atoms with Crippen LogP contribution in [-0.2, 0) is 11.2 Å². The van der Waals surface area contributed by atoms with E-state index in [-0.39, 0.29) is 11.4 Å². The smallest absolute Gasteiger partial charge is 0.220 e. The highest BCUT2D eigenvalue weighted by Gasteiger charge is 2.38. The molecule has 1 aromatic rings. The van der Waals surface area contributed by atoms with Gasteiger partial charge in [0, 0.05) is 22.0 Å². The van der Waals surface area contributed by atoms with Crippen LogP contribution in [0.4, 0.5) is 0 Å². The molecule has 1 fully saturated rings. The van der Waals surface area contributed by atoms with Gasteiger partial charge in [0.05, 0.1) is 0 Å². The first-order valence-corrected chi connectivity index (χ1v) is 7.41. The van der Waals surface area contributed by atoms with E-state index in [0.717, 1.165) is 18.4 Å². The topological polar surface area (TPSA) is 29.1 Å². The first-order chi connectivity index (χ1) is 8.92. The molecule has 1 saturated heterocycles. The summed E-state index contributed by atoms with van der Waals surface area (Å²) in [6.45, 7) is 4.33. The van der Waals surface area contributed by atoms with Crippen molar-refractivity contribution in [3.8, 4) is 0 Å². The predicted molar refractivity (Wildman–Crippen MR) is 79.7 cm³/mol. The van der Waals surface area contributed by atoms with E-state index >= 15 is 0 Å². The quantitative estimate of drug-likeness (QED) is 0.885. The number of halogens is 2. The van der Waals surface area contributed by atoms with Crippen molar-refractivity contribution in [2.75, 3.05) is 0 Å². The van der Waals surface area contributed by atoms with E-state index in [0.29, 0.717) is 28.8 Å². The number of rotatable bonds is 4. The molecule has 4 heteroatoms. The second-order valence-corrected chi connectivity index (χ2v) is 6.62. The summed E-state index contributed by atoms with van der Waals surface area (Å²) in [6, 6.07) is 5.54. The highest BCUT2D eigenvalue weighted by atomic mass is 35.5. The zero-order valence-electron chi connectivity index (χ0n) is 11.3. The Morgan fingerprint density at radius 1 is 1.32 bits per heavy atom. The van der Waals surface area contributed by atoms with Crippen molar-refractivity contribution < 1.29 is 4.79 Å². The number of carbonyl (C=O) groups excluding carboxylic acids is 1. The van der Waals surface area contributed by atoms with Gasteiger partial charge >= 0.3 is 0 Å². The minimum Gasteiger partial charge on any atom is -0.350 e. The number of nitrogens with one attached hydrogen (secondary N) is 1. The van der Waals surface area contributed by atoms with Gasteiger partial charge in [-0.25, -0.2) is 0 Å². The van der Waals surface area contributed by atoms with Crippen LogP contribution in [0.15, 0.2) is 18.2 Å². The second kappa shape index (κ2) is 5.72. The zero-order valence-corrected chi connectivity index (χ0v) is 12.8. The summed E-state index contributed by atoms with van der Waals surface area (Å²) in [6.07, 6.45) is 3.09. The summed E-state index contributed by atoms with van der Waals surface area (Å²) < 4.78 is 0. The van der Waals surface area contributed by atoms with Crippen molar-refractivity contribution in [1.29, 1.82) is 0 Å². The molecule has 1 N–H and O–H groups in total. The molecule has 0 bridgehead atoms. The van der Waals surface area contributed by atoms with Gasteiger partial charge in [-0.05, 0) is 42.9 Å². The molecule has 19 heavy (non-hydrogen) atoms. The third kappa shape index (κ3) is 3.43. The fraction of sp³-hybridized carbons (Fsp3) is 0.533. The number of carbonyl (C=O) groups is 1. The van der Waals surface area contributed by atoms with Gasteiger partial charge in [-0.3, -0.25) is 4.79 Å². The Hall–Kier alpha value is -0.730. The Balaban J connectivity index is 2.28. The first kappa shape index (κ1) is 14.7. The van der Waals surface area contributed by atoms with Crippen molar-refractivity contribution >= 4 is 29.1 Å². The van der Waals surface area contributed by atoms with Gasteiger partial charge in [0.2, 0.25) is 5.91 Å². The van der Waals surface area contributed by atoms with Crippen LogP contribution in [0.1, 0.15) is 38.7 Å². The molecule has 0 spiro atoms. The molecule has 1 amide bonds. The first-order valence-electron chi connectivity index (χ1n) is 6.66. The predicted octanol–water partition coefficient (Wildman–Crippen LogP) is 4.23. The molecular weight excluding hydrogens is 281 g/mol. The van der Waals surface area contributed by atoms with Gasteiger partial charge in [-0.2, -0.15) is 0 Å². The van der Waals surface area contributed by atoms with E-state index in [4.69, 9.17) is 23.2 Å². The Bertz CT molecular complexity index is 467. The zero-order chi connectivity index (χ0) is 14.0. The molecule has 1 heterocycles. The Morgan fingerprint density at radius 2 is 1.95 bits per heavy atom. The van der Waals surface area contributed by atoms with E-state index in [1.54, 1.807) is 0 Å². The largest absolute Gasteiger partial charge is 0.350 e. The van der Waals surface area contributed by atoms with Crippen LogP contribution in [0.5, 0.6) is 0 Å². The molecule has 1 unspecified atom stereocenters. The SMILES string of the molecule is CC(C)CC1(Cc2c(Cl)cccc2Cl)CCC(=O)N1. The van der Waals surface area contributed by atoms with Crippen LogP contribution in [0.2, 0.25) is 10.0 Å². The van der Waals surface area contributed by atoms with E-state index < -0.39 is 0 Å². The van der Waals surface area contributed by atoms with Crippen LogP contribution < -0.4 is 5.32 Å². The van der Waals surface area contributed by atoms with Gasteiger partial charge in [-0.15, -0.1) is 0 Å². The highest BCUT2D eigenvalue weighted by molar-refractivity contribution is 6.36. The monoisotopic (exact) mass is 299 g/mol. The normalized spacial score (nSPS) is 22.9. The third-order valence-electron chi connectivity index (χ3n) is 3.61. The third-order valence-corrected chi connectivity index (χ3v) is 4.32. The summed E-state index contributed by atoms with van der Waals surface area (Å²) in [4.78, 5) is 11.6. The Morgan fingerprint density at radius 3 is 2.42 bits per heavy atom. The van der Waals surface area contributed by atoms with Crippen molar-refractivity contribution in [1.82, 2.24) is 5.32 Å². The van der Waals surface area contributed by atoms with E-state index in [2.05, 4.69) is 19.2 Å². The molecule has 0 radical (unpaired) electrons. The Kier molecular flexibility index (Phi) is 4.42. The molecular formula is C15H19Cl2NO. The summed E-state index contributed by atoms with van der Waals surface area (Å²) in [5.74, 6) is 0.642. The van der Waals surface area contributed by atoms with Gasteiger partial charge in [0.25, 0.3) is 0 Å². The van der Waals surface area contributed by atoms with E-state index in [1.807, 2.05) is 18.2 Å². The van der Waals surface area contributed by atoms with E-state index in [1.165, 1.54) is 0 Å². The maximum Gasteiger partial charge on any atom is 0.220 e. The van der Waals surface area contributed by atoms with Crippen molar-refractivity contribution in [3.63, 3.8) is 0 Å². The van der Waals surface area contributed by atoms with Crippen LogP contribution in [-0.4, -0.2) is 11.4 Å². The second-order valence-electron chi connectivity index (χ2n) is 5.80. The fourth-order valence-electron chi connectivity index (χ4n) is 2.95. The van der Waals surface area contributed by atoms with Crippen LogP contribution in [0.3, 0.4) is 0 Å². The van der Waals surface area contributed by atoms with Gasteiger partial charge in [-0.1, -0.05) is 43.1 Å². The summed E-state index contributed by atoms with van der Waals surface area (Å²) >= 11 is 12.5. The molecule has 0 saturated carbocycles. The van der Waals surface area contributed by atoms with Gasteiger partial charge < -0.3 is 5.32 Å². The maximum atomic E-state index is 11.6. The van der Waals surface area contributed by atoms with Crippen molar-refractivity contribution in [2.24, 2.45) is 5.92 Å². The number of hydrogen-bond donors (Lipinski definition) is 1. The Labute approximate surface area is 124 Å². The molecule has 0 aliphatic carbocycles. The number of benzene rings is 1. The summed E-state index contributed by atoms with van der Waals surface area (Å²) in [5.41, 5.74) is 0.744. The van der Waals surface area contributed by atoms with Gasteiger partial charge in [0.1, 0.15) is 0 Å².